The van der Waals surface area contributed by atoms with E-state index in [1.165, 1.54) is 7.11 Å². The highest BCUT2D eigenvalue weighted by atomic mass is 79.9. The molecule has 1 aromatic heterocycles. The smallest absolute Gasteiger partial charge is 0.340 e. The Morgan fingerprint density at radius 2 is 2.12 bits per heavy atom. The molecule has 4 nitrogen and oxygen atoms in total. The van der Waals surface area contributed by atoms with Gasteiger partial charge in [0.25, 0.3) is 6.43 Å². The van der Waals surface area contributed by atoms with Crippen LogP contribution in [0.15, 0.2) is 10.8 Å². The van der Waals surface area contributed by atoms with Crippen LogP contribution in [0.25, 0.3) is 0 Å². The van der Waals surface area contributed by atoms with Gasteiger partial charge in [-0.1, -0.05) is 0 Å². The minimum absolute atomic E-state index is 0.109. The number of esters is 1. The normalized spacial score (nSPS) is 10.4. The Kier molecular flexibility index (Phi) is 4.17. The summed E-state index contributed by atoms with van der Waals surface area (Å²) in [4.78, 5) is 15.0. The van der Waals surface area contributed by atoms with E-state index >= 15 is 0 Å². The number of hydrogen-bond acceptors (Lipinski definition) is 4. The fourth-order valence-corrected chi connectivity index (χ4v) is 1.64. The minimum atomic E-state index is -2.86. The summed E-state index contributed by atoms with van der Waals surface area (Å²) in [5.41, 5.74) is -0.839. The molecule has 0 N–H and O–H groups in total. The second kappa shape index (κ2) is 5.20. The Morgan fingerprint density at radius 3 is 2.56 bits per heavy atom. The lowest BCUT2D eigenvalue weighted by Gasteiger charge is -2.12. The largest absolute Gasteiger partial charge is 0.493 e. The third-order valence-electron chi connectivity index (χ3n) is 1.86. The molecule has 0 aromatic carbocycles. The summed E-state index contributed by atoms with van der Waals surface area (Å²) in [7, 11) is 2.32. The summed E-state index contributed by atoms with van der Waals surface area (Å²) in [6.07, 6.45) is -1.84. The number of rotatable bonds is 3. The molecule has 0 aliphatic rings. The fraction of sp³-hybridized carbons (Fsp3) is 0.333. The zero-order valence-electron chi connectivity index (χ0n) is 8.46. The van der Waals surface area contributed by atoms with Crippen LogP contribution in [-0.4, -0.2) is 25.2 Å². The molecule has 0 aliphatic carbocycles. The number of hydrogen-bond donors (Lipinski definition) is 0. The van der Waals surface area contributed by atoms with E-state index in [9.17, 15) is 13.6 Å². The lowest BCUT2D eigenvalue weighted by molar-refractivity contribution is 0.0587. The van der Waals surface area contributed by atoms with Crippen molar-refractivity contribution in [1.29, 1.82) is 0 Å². The molecule has 7 heteroatoms. The number of carbonyl (C=O) groups is 1. The SMILES string of the molecule is COC(=O)c1cnc(Br)c(OC)c1C(F)F. The Hall–Kier alpha value is -1.24. The van der Waals surface area contributed by atoms with Crippen LogP contribution in [0.1, 0.15) is 22.3 Å². The van der Waals surface area contributed by atoms with E-state index < -0.39 is 18.0 Å². The van der Waals surface area contributed by atoms with Crippen LogP contribution in [0, 0.1) is 0 Å². The number of ether oxygens (including phenoxy) is 2. The quantitative estimate of drug-likeness (QED) is 0.635. The molecule has 0 bridgehead atoms. The van der Waals surface area contributed by atoms with Crippen LogP contribution in [0.3, 0.4) is 0 Å². The zero-order valence-corrected chi connectivity index (χ0v) is 10.0. The number of alkyl halides is 2. The van der Waals surface area contributed by atoms with E-state index in [4.69, 9.17) is 4.74 Å². The van der Waals surface area contributed by atoms with Gasteiger partial charge in [0.2, 0.25) is 0 Å². The molecular formula is C9H8BrF2NO3. The van der Waals surface area contributed by atoms with Gasteiger partial charge in [0.1, 0.15) is 4.60 Å². The van der Waals surface area contributed by atoms with Crippen molar-refractivity contribution >= 4 is 21.9 Å². The van der Waals surface area contributed by atoms with E-state index in [-0.39, 0.29) is 15.9 Å². The molecule has 16 heavy (non-hydrogen) atoms. The molecule has 1 rings (SSSR count). The minimum Gasteiger partial charge on any atom is -0.493 e. The zero-order chi connectivity index (χ0) is 12.3. The van der Waals surface area contributed by atoms with Crippen molar-refractivity contribution in [3.05, 3.63) is 21.9 Å². The van der Waals surface area contributed by atoms with E-state index in [2.05, 4.69) is 25.7 Å². The van der Waals surface area contributed by atoms with Crippen LogP contribution < -0.4 is 4.74 Å². The summed E-state index contributed by atoms with van der Waals surface area (Å²) in [6.45, 7) is 0. The van der Waals surface area contributed by atoms with Gasteiger partial charge in [-0.3, -0.25) is 0 Å². The molecule has 88 valence electrons. The number of methoxy groups -OCH3 is 2. The summed E-state index contributed by atoms with van der Waals surface area (Å²) in [5, 5.41) is 0. The van der Waals surface area contributed by atoms with Crippen molar-refractivity contribution in [2.24, 2.45) is 0 Å². The summed E-state index contributed by atoms with van der Waals surface area (Å²) in [5.74, 6) is -1.05. The van der Waals surface area contributed by atoms with Crippen LogP contribution >= 0.6 is 15.9 Å². The maximum Gasteiger partial charge on any atom is 0.340 e. The van der Waals surface area contributed by atoms with Gasteiger partial charge in [0, 0.05) is 6.20 Å². The highest BCUT2D eigenvalue weighted by molar-refractivity contribution is 9.10. The van der Waals surface area contributed by atoms with Gasteiger partial charge < -0.3 is 9.47 Å². The van der Waals surface area contributed by atoms with Gasteiger partial charge in [-0.15, -0.1) is 0 Å². The van der Waals surface area contributed by atoms with Crippen molar-refractivity contribution in [1.82, 2.24) is 4.98 Å². The van der Waals surface area contributed by atoms with Crippen molar-refractivity contribution < 1.29 is 23.0 Å². The molecule has 0 amide bonds. The molecule has 0 aliphatic heterocycles. The van der Waals surface area contributed by atoms with Gasteiger partial charge in [0.15, 0.2) is 5.75 Å². The lowest BCUT2D eigenvalue weighted by atomic mass is 10.1. The van der Waals surface area contributed by atoms with Gasteiger partial charge in [-0.05, 0) is 15.9 Å². The first-order valence-electron chi connectivity index (χ1n) is 4.11. The van der Waals surface area contributed by atoms with E-state index in [0.29, 0.717) is 0 Å². The highest BCUT2D eigenvalue weighted by Gasteiger charge is 2.26. The topological polar surface area (TPSA) is 48.4 Å². The van der Waals surface area contributed by atoms with E-state index in [1.54, 1.807) is 0 Å². The van der Waals surface area contributed by atoms with Crippen LogP contribution in [-0.2, 0) is 4.74 Å². The Bertz CT molecular complexity index is 412. The lowest BCUT2D eigenvalue weighted by Crippen LogP contribution is -2.09. The molecule has 0 atom stereocenters. The molecule has 0 radical (unpaired) electrons. The molecule has 0 spiro atoms. The second-order valence-electron chi connectivity index (χ2n) is 2.70. The van der Waals surface area contributed by atoms with Crippen LogP contribution in [0.5, 0.6) is 5.75 Å². The van der Waals surface area contributed by atoms with Gasteiger partial charge in [0.05, 0.1) is 25.3 Å². The summed E-state index contributed by atoms with van der Waals surface area (Å²) >= 11 is 2.96. The highest BCUT2D eigenvalue weighted by Crippen LogP contribution is 2.36. The number of carbonyl (C=O) groups excluding carboxylic acids is 1. The molecule has 0 unspecified atom stereocenters. The standard InChI is InChI=1S/C9H8BrF2NO3/c1-15-6-5(8(11)12)4(9(14)16-2)3-13-7(6)10/h3,8H,1-2H3. The Morgan fingerprint density at radius 1 is 1.50 bits per heavy atom. The molecular weight excluding hydrogens is 288 g/mol. The molecule has 0 saturated heterocycles. The Balaban J connectivity index is 3.45. The van der Waals surface area contributed by atoms with Gasteiger partial charge in [-0.2, -0.15) is 0 Å². The number of aromatic nitrogens is 1. The average Bonchev–Trinajstić information content (AvgIpc) is 2.27. The third kappa shape index (κ3) is 2.29. The maximum absolute atomic E-state index is 12.8. The monoisotopic (exact) mass is 295 g/mol. The van der Waals surface area contributed by atoms with Crippen molar-refractivity contribution in [2.75, 3.05) is 14.2 Å². The first-order valence-corrected chi connectivity index (χ1v) is 4.91. The van der Waals surface area contributed by atoms with Crippen molar-refractivity contribution in [3.63, 3.8) is 0 Å². The van der Waals surface area contributed by atoms with Crippen LogP contribution in [0.2, 0.25) is 0 Å². The van der Waals surface area contributed by atoms with E-state index in [0.717, 1.165) is 13.3 Å². The molecule has 1 aromatic rings. The van der Waals surface area contributed by atoms with Gasteiger partial charge >= 0.3 is 5.97 Å². The maximum atomic E-state index is 12.8. The molecule has 0 fully saturated rings. The Labute approximate surface area is 98.7 Å². The number of halogens is 3. The predicted molar refractivity (Wildman–Crippen MR) is 54.8 cm³/mol. The third-order valence-corrected chi connectivity index (χ3v) is 2.42. The van der Waals surface area contributed by atoms with Gasteiger partial charge in [-0.25, -0.2) is 18.6 Å². The molecule has 1 heterocycles. The number of nitrogens with zero attached hydrogens (tertiary/aromatic N) is 1. The van der Waals surface area contributed by atoms with E-state index in [1.807, 2.05) is 0 Å². The molecule has 0 saturated carbocycles. The predicted octanol–water partition coefficient (Wildman–Crippen LogP) is 2.58. The average molecular weight is 296 g/mol. The first-order chi connectivity index (χ1) is 7.52. The van der Waals surface area contributed by atoms with Crippen molar-refractivity contribution in [2.45, 2.75) is 6.43 Å². The van der Waals surface area contributed by atoms with Crippen LogP contribution in [0.4, 0.5) is 8.78 Å². The van der Waals surface area contributed by atoms with Crippen molar-refractivity contribution in [3.8, 4) is 5.75 Å². The fourth-order valence-electron chi connectivity index (χ4n) is 1.17. The first kappa shape index (κ1) is 12.8. The second-order valence-corrected chi connectivity index (χ2v) is 3.45. The summed E-state index contributed by atoms with van der Waals surface area (Å²) in [6, 6.07) is 0. The number of pyridine rings is 1. The summed E-state index contributed by atoms with van der Waals surface area (Å²) < 4.78 is 34.9.